The van der Waals surface area contributed by atoms with Crippen LogP contribution in [0.1, 0.15) is 23.2 Å². The highest BCUT2D eigenvalue weighted by atomic mass is 19.1. The molecule has 4 rings (SSSR count). The minimum Gasteiger partial charge on any atom is -0.366 e. The normalized spacial score (nSPS) is 13.5. The van der Waals surface area contributed by atoms with Gasteiger partial charge in [0.05, 0.1) is 16.3 Å². The van der Waals surface area contributed by atoms with Crippen LogP contribution in [-0.4, -0.2) is 44.1 Å². The van der Waals surface area contributed by atoms with Gasteiger partial charge in [-0.2, -0.15) is 0 Å². The second-order valence-electron chi connectivity index (χ2n) is 6.53. The summed E-state index contributed by atoms with van der Waals surface area (Å²) in [6, 6.07) is 8.27. The van der Waals surface area contributed by atoms with Crippen molar-refractivity contribution >= 4 is 23.0 Å². The van der Waals surface area contributed by atoms with Gasteiger partial charge >= 0.3 is 0 Å². The Labute approximate surface area is 164 Å². The Morgan fingerprint density at radius 3 is 2.66 bits per heavy atom. The summed E-state index contributed by atoms with van der Waals surface area (Å²) in [5, 5.41) is 24.7. The van der Waals surface area contributed by atoms with Crippen molar-refractivity contribution in [1.29, 1.82) is 0 Å². The number of amides is 1. The molecule has 29 heavy (non-hydrogen) atoms. The Morgan fingerprint density at radius 2 is 1.97 bits per heavy atom. The molecule has 0 aliphatic carbocycles. The first-order valence-electron chi connectivity index (χ1n) is 8.90. The van der Waals surface area contributed by atoms with Crippen LogP contribution in [0.2, 0.25) is 0 Å². The zero-order chi connectivity index (χ0) is 20.4. The molecular formula is C18H16FN7O3. The van der Waals surface area contributed by atoms with Gasteiger partial charge in [0.25, 0.3) is 11.6 Å². The Balaban J connectivity index is 1.61. The van der Waals surface area contributed by atoms with Gasteiger partial charge in [0.1, 0.15) is 17.8 Å². The number of nitro benzene ring substituents is 1. The molecule has 10 nitrogen and oxygen atoms in total. The van der Waals surface area contributed by atoms with Crippen LogP contribution in [-0.2, 0) is 0 Å². The summed E-state index contributed by atoms with van der Waals surface area (Å²) >= 11 is 0. The summed E-state index contributed by atoms with van der Waals surface area (Å²) in [4.78, 5) is 25.5. The van der Waals surface area contributed by atoms with Crippen LogP contribution in [0.25, 0.3) is 5.69 Å². The van der Waals surface area contributed by atoms with Gasteiger partial charge in [-0.05, 0) is 53.6 Å². The van der Waals surface area contributed by atoms with Crippen LogP contribution in [0.3, 0.4) is 0 Å². The summed E-state index contributed by atoms with van der Waals surface area (Å²) in [7, 11) is 0. The molecule has 1 aliphatic heterocycles. The van der Waals surface area contributed by atoms with Crippen LogP contribution < -0.4 is 10.2 Å². The molecule has 148 valence electrons. The van der Waals surface area contributed by atoms with E-state index in [-0.39, 0.29) is 16.9 Å². The molecular weight excluding hydrogens is 381 g/mol. The molecule has 0 spiro atoms. The number of nitrogens with zero attached hydrogens (tertiary/aromatic N) is 6. The summed E-state index contributed by atoms with van der Waals surface area (Å²) in [6.45, 7) is 1.48. The number of halogens is 1. The van der Waals surface area contributed by atoms with Crippen LogP contribution in [0, 0.1) is 15.9 Å². The molecule has 0 saturated carbocycles. The Kier molecular flexibility index (Phi) is 4.85. The van der Waals surface area contributed by atoms with Crippen LogP contribution >= 0.6 is 0 Å². The highest BCUT2D eigenvalue weighted by Crippen LogP contribution is 2.32. The average Bonchev–Trinajstić information content (AvgIpc) is 3.43. The SMILES string of the molecule is O=C(Nc1cc(-n2cnnn2)ccc1F)c1ccc(N2CCCC2)c([N+](=O)[O-])c1. The van der Waals surface area contributed by atoms with E-state index >= 15 is 0 Å². The Morgan fingerprint density at radius 1 is 1.17 bits per heavy atom. The van der Waals surface area contributed by atoms with Crippen molar-refractivity contribution in [2.75, 3.05) is 23.3 Å². The fourth-order valence-corrected chi connectivity index (χ4v) is 3.26. The molecule has 1 aliphatic rings. The number of carbonyl (C=O) groups excluding carboxylic acids is 1. The third-order valence-corrected chi connectivity index (χ3v) is 4.69. The van der Waals surface area contributed by atoms with Gasteiger partial charge in [-0.25, -0.2) is 9.07 Å². The zero-order valence-corrected chi connectivity index (χ0v) is 15.2. The average molecular weight is 397 g/mol. The fourth-order valence-electron chi connectivity index (χ4n) is 3.26. The fraction of sp³-hybridized carbons (Fsp3) is 0.222. The minimum absolute atomic E-state index is 0.0619. The number of aromatic nitrogens is 4. The number of rotatable bonds is 5. The molecule has 3 aromatic rings. The standard InChI is InChI=1S/C18H16FN7O3/c19-14-5-4-13(25-11-20-22-23-25)10-15(14)21-18(27)12-3-6-16(17(9-12)26(28)29)24-7-1-2-8-24/h3-6,9-11H,1-2,7-8H2,(H,21,27). The molecule has 11 heteroatoms. The van der Waals surface area contributed by atoms with E-state index in [1.807, 2.05) is 4.90 Å². The van der Waals surface area contributed by atoms with Crippen molar-refractivity contribution in [3.63, 3.8) is 0 Å². The molecule has 1 N–H and O–H groups in total. The van der Waals surface area contributed by atoms with Crippen molar-refractivity contribution < 1.29 is 14.1 Å². The number of anilines is 2. The molecule has 2 aromatic carbocycles. The van der Waals surface area contributed by atoms with Gasteiger partial charge in [0.2, 0.25) is 0 Å². The first-order chi connectivity index (χ1) is 14.0. The van der Waals surface area contributed by atoms with Crippen molar-refractivity contribution in [1.82, 2.24) is 20.2 Å². The van der Waals surface area contributed by atoms with Crippen molar-refractivity contribution in [2.45, 2.75) is 12.8 Å². The number of hydrogen-bond donors (Lipinski definition) is 1. The van der Waals surface area contributed by atoms with E-state index in [9.17, 15) is 19.3 Å². The van der Waals surface area contributed by atoms with Crippen LogP contribution in [0.5, 0.6) is 0 Å². The molecule has 0 radical (unpaired) electrons. The van der Waals surface area contributed by atoms with E-state index in [4.69, 9.17) is 0 Å². The second kappa shape index (κ2) is 7.62. The summed E-state index contributed by atoms with van der Waals surface area (Å²) < 4.78 is 15.5. The number of nitro groups is 1. The van der Waals surface area contributed by atoms with E-state index in [1.54, 1.807) is 6.07 Å². The third kappa shape index (κ3) is 3.74. The lowest BCUT2D eigenvalue weighted by atomic mass is 10.1. The molecule has 1 aromatic heterocycles. The summed E-state index contributed by atoms with van der Waals surface area (Å²) in [6.07, 6.45) is 3.27. The minimum atomic E-state index is -0.658. The zero-order valence-electron chi connectivity index (χ0n) is 15.2. The number of tetrazole rings is 1. The molecule has 0 atom stereocenters. The molecule has 2 heterocycles. The maximum absolute atomic E-state index is 14.2. The summed E-state index contributed by atoms with van der Waals surface area (Å²) in [5.41, 5.74) is 0.751. The monoisotopic (exact) mass is 397 g/mol. The first kappa shape index (κ1) is 18.5. The number of benzene rings is 2. The van der Waals surface area contributed by atoms with E-state index in [0.29, 0.717) is 11.4 Å². The van der Waals surface area contributed by atoms with Gasteiger partial charge in [0.15, 0.2) is 0 Å². The maximum atomic E-state index is 14.2. The number of nitrogens with one attached hydrogen (secondary N) is 1. The Bertz CT molecular complexity index is 1070. The van der Waals surface area contributed by atoms with Gasteiger partial charge < -0.3 is 10.2 Å². The molecule has 1 fully saturated rings. The second-order valence-corrected chi connectivity index (χ2v) is 6.53. The van der Waals surface area contributed by atoms with E-state index in [2.05, 4.69) is 20.8 Å². The molecule has 1 saturated heterocycles. The molecule has 0 unspecified atom stereocenters. The predicted molar refractivity (Wildman–Crippen MR) is 102 cm³/mol. The largest absolute Gasteiger partial charge is 0.366 e. The first-order valence-corrected chi connectivity index (χ1v) is 8.90. The number of hydrogen-bond acceptors (Lipinski definition) is 7. The molecule has 1 amide bonds. The van der Waals surface area contributed by atoms with Gasteiger partial charge in [-0.3, -0.25) is 14.9 Å². The topological polar surface area (TPSA) is 119 Å². The van der Waals surface area contributed by atoms with Crippen LogP contribution in [0.4, 0.5) is 21.5 Å². The van der Waals surface area contributed by atoms with Crippen molar-refractivity contribution in [3.05, 3.63) is 64.2 Å². The highest BCUT2D eigenvalue weighted by Gasteiger charge is 2.24. The predicted octanol–water partition coefficient (Wildman–Crippen LogP) is 2.56. The Hall–Kier alpha value is -3.89. The third-order valence-electron chi connectivity index (χ3n) is 4.69. The van der Waals surface area contributed by atoms with E-state index in [1.165, 1.54) is 41.3 Å². The van der Waals surface area contributed by atoms with Crippen LogP contribution in [0.15, 0.2) is 42.7 Å². The van der Waals surface area contributed by atoms with E-state index in [0.717, 1.165) is 25.9 Å². The quantitative estimate of drug-likeness (QED) is 0.519. The summed E-state index contributed by atoms with van der Waals surface area (Å²) in [5.74, 6) is -1.31. The highest BCUT2D eigenvalue weighted by molar-refractivity contribution is 6.05. The van der Waals surface area contributed by atoms with Gasteiger partial charge in [0, 0.05) is 24.7 Å². The lowest BCUT2D eigenvalue weighted by Crippen LogP contribution is -2.20. The van der Waals surface area contributed by atoms with Gasteiger partial charge in [-0.15, -0.1) is 5.10 Å². The van der Waals surface area contributed by atoms with Gasteiger partial charge in [-0.1, -0.05) is 0 Å². The van der Waals surface area contributed by atoms with E-state index < -0.39 is 16.6 Å². The number of carbonyl (C=O) groups is 1. The van der Waals surface area contributed by atoms with Crippen molar-refractivity contribution in [2.24, 2.45) is 0 Å². The lowest BCUT2D eigenvalue weighted by Gasteiger charge is -2.18. The van der Waals surface area contributed by atoms with Crippen molar-refractivity contribution in [3.8, 4) is 5.69 Å². The maximum Gasteiger partial charge on any atom is 0.293 e. The molecule has 0 bridgehead atoms. The smallest absolute Gasteiger partial charge is 0.293 e. The lowest BCUT2D eigenvalue weighted by molar-refractivity contribution is -0.384.